The van der Waals surface area contributed by atoms with Gasteiger partial charge in [0.1, 0.15) is 17.1 Å². The third-order valence-corrected chi connectivity index (χ3v) is 2.32. The summed E-state index contributed by atoms with van der Waals surface area (Å²) >= 11 is 0. The van der Waals surface area contributed by atoms with Crippen molar-refractivity contribution in [3.63, 3.8) is 0 Å². The summed E-state index contributed by atoms with van der Waals surface area (Å²) in [6.07, 6.45) is 5.23. The second-order valence-electron chi connectivity index (χ2n) is 4.31. The molecule has 0 bridgehead atoms. The van der Waals surface area contributed by atoms with E-state index in [9.17, 15) is 19.3 Å². The van der Waals surface area contributed by atoms with Gasteiger partial charge < -0.3 is 10.4 Å². The molecule has 0 heterocycles. The number of carboxylic acid groups (broad SMARTS) is 1. The Morgan fingerprint density at radius 2 is 2.16 bits per heavy atom. The quantitative estimate of drug-likeness (QED) is 0.495. The molecule has 0 amide bonds. The lowest BCUT2D eigenvalue weighted by atomic mass is 10.1. The van der Waals surface area contributed by atoms with Gasteiger partial charge in [0, 0.05) is 12.1 Å². The molecule has 100 valence electrons. The van der Waals surface area contributed by atoms with E-state index in [-0.39, 0.29) is 5.69 Å². The maximum Gasteiger partial charge on any atom is 0.338 e. The monoisotopic (exact) mass is 266 g/mol. The fraction of sp³-hybridized carbons (Fsp3) is 0.250. The molecule has 0 atom stereocenters. The molecule has 0 unspecified atom stereocenters. The van der Waals surface area contributed by atoms with Crippen LogP contribution in [-0.2, 0) is 0 Å². The number of nitro benzene ring substituents is 1. The van der Waals surface area contributed by atoms with Gasteiger partial charge in [0.2, 0.25) is 0 Å². The van der Waals surface area contributed by atoms with Crippen LogP contribution in [0.15, 0.2) is 12.1 Å². The summed E-state index contributed by atoms with van der Waals surface area (Å²) < 4.78 is 13.5. The van der Waals surface area contributed by atoms with E-state index in [0.29, 0.717) is 6.07 Å². The lowest BCUT2D eigenvalue weighted by Gasteiger charge is -2.21. The van der Waals surface area contributed by atoms with E-state index in [2.05, 4.69) is 11.2 Å². The molecule has 19 heavy (non-hydrogen) atoms. The molecule has 0 spiro atoms. The molecule has 0 aliphatic rings. The normalized spacial score (nSPS) is 10.6. The molecule has 0 aliphatic heterocycles. The number of nitrogens with one attached hydrogen (secondary N) is 1. The van der Waals surface area contributed by atoms with Crippen molar-refractivity contribution in [2.75, 3.05) is 5.32 Å². The van der Waals surface area contributed by atoms with Gasteiger partial charge in [0.25, 0.3) is 5.69 Å². The summed E-state index contributed by atoms with van der Waals surface area (Å²) in [5.41, 5.74) is -2.43. The van der Waals surface area contributed by atoms with Gasteiger partial charge in [0.15, 0.2) is 0 Å². The maximum absolute atomic E-state index is 13.5. The smallest absolute Gasteiger partial charge is 0.338 e. The van der Waals surface area contributed by atoms with Crippen LogP contribution in [0.4, 0.5) is 15.8 Å². The summed E-state index contributed by atoms with van der Waals surface area (Å²) in [4.78, 5) is 20.8. The van der Waals surface area contributed by atoms with Crippen LogP contribution in [0.1, 0.15) is 24.2 Å². The number of carboxylic acids is 1. The highest BCUT2D eigenvalue weighted by molar-refractivity contribution is 5.90. The molecular weight excluding hydrogens is 255 g/mol. The Kier molecular flexibility index (Phi) is 3.75. The Bertz CT molecular complexity index is 590. The number of nitro groups is 1. The first-order valence-corrected chi connectivity index (χ1v) is 5.15. The average molecular weight is 266 g/mol. The van der Waals surface area contributed by atoms with Gasteiger partial charge in [-0.3, -0.25) is 10.1 Å². The zero-order valence-corrected chi connectivity index (χ0v) is 10.2. The highest BCUT2D eigenvalue weighted by Gasteiger charge is 2.25. The molecule has 0 saturated carbocycles. The Morgan fingerprint density at radius 3 is 2.58 bits per heavy atom. The standard InChI is InChI=1S/C12H11FN2O4/c1-4-12(2,3)14-9-6-8(13)7(11(16)17)5-10(9)15(18)19/h1,5-6,14H,2-3H3,(H,16,17). The lowest BCUT2D eigenvalue weighted by Crippen LogP contribution is -2.29. The topological polar surface area (TPSA) is 92.5 Å². The number of aromatic carboxylic acids is 1. The minimum Gasteiger partial charge on any atom is -0.478 e. The van der Waals surface area contributed by atoms with Crippen LogP contribution in [-0.4, -0.2) is 21.5 Å². The predicted molar refractivity (Wildman–Crippen MR) is 66.5 cm³/mol. The minimum atomic E-state index is -1.58. The first kappa shape index (κ1) is 14.4. The van der Waals surface area contributed by atoms with E-state index < -0.39 is 33.5 Å². The van der Waals surface area contributed by atoms with Crippen LogP contribution >= 0.6 is 0 Å². The van der Waals surface area contributed by atoms with E-state index in [1.807, 2.05) is 0 Å². The number of rotatable bonds is 4. The molecule has 1 aromatic rings. The first-order chi connectivity index (χ1) is 8.68. The molecular formula is C12H11FN2O4. The van der Waals surface area contributed by atoms with Gasteiger partial charge in [-0.05, 0) is 13.8 Å². The molecule has 1 rings (SSSR count). The lowest BCUT2D eigenvalue weighted by molar-refractivity contribution is -0.384. The Morgan fingerprint density at radius 1 is 1.58 bits per heavy atom. The van der Waals surface area contributed by atoms with Crippen molar-refractivity contribution in [3.8, 4) is 12.3 Å². The molecule has 0 fully saturated rings. The SMILES string of the molecule is C#CC(C)(C)Nc1cc(F)c(C(=O)O)cc1[N+](=O)[O-]. The van der Waals surface area contributed by atoms with Crippen LogP contribution in [0, 0.1) is 28.3 Å². The van der Waals surface area contributed by atoms with Crippen LogP contribution in [0.5, 0.6) is 0 Å². The average Bonchev–Trinajstić information content (AvgIpc) is 2.27. The van der Waals surface area contributed by atoms with Crippen molar-refractivity contribution in [2.45, 2.75) is 19.4 Å². The summed E-state index contributed by atoms with van der Waals surface area (Å²) in [5.74, 6) is -0.315. The van der Waals surface area contributed by atoms with Crippen LogP contribution < -0.4 is 5.32 Å². The van der Waals surface area contributed by atoms with Crippen molar-refractivity contribution in [3.05, 3.63) is 33.6 Å². The van der Waals surface area contributed by atoms with E-state index in [0.717, 1.165) is 6.07 Å². The van der Waals surface area contributed by atoms with Crippen molar-refractivity contribution < 1.29 is 19.2 Å². The van der Waals surface area contributed by atoms with Gasteiger partial charge >= 0.3 is 5.97 Å². The van der Waals surface area contributed by atoms with E-state index in [1.54, 1.807) is 13.8 Å². The molecule has 2 N–H and O–H groups in total. The largest absolute Gasteiger partial charge is 0.478 e. The number of terminal acetylenes is 1. The molecule has 1 aromatic carbocycles. The Balaban J connectivity index is 3.41. The first-order valence-electron chi connectivity index (χ1n) is 5.15. The molecule has 0 aromatic heterocycles. The van der Waals surface area contributed by atoms with Gasteiger partial charge in [-0.1, -0.05) is 5.92 Å². The van der Waals surface area contributed by atoms with Crippen molar-refractivity contribution in [1.29, 1.82) is 0 Å². The third-order valence-electron chi connectivity index (χ3n) is 2.32. The summed E-state index contributed by atoms with van der Waals surface area (Å²) in [7, 11) is 0. The fourth-order valence-corrected chi connectivity index (χ4v) is 1.35. The molecule has 0 aliphatic carbocycles. The van der Waals surface area contributed by atoms with E-state index in [4.69, 9.17) is 11.5 Å². The zero-order valence-electron chi connectivity index (χ0n) is 10.2. The number of hydrogen-bond donors (Lipinski definition) is 2. The van der Waals surface area contributed by atoms with Crippen molar-refractivity contribution >= 4 is 17.3 Å². The number of hydrogen-bond acceptors (Lipinski definition) is 4. The van der Waals surface area contributed by atoms with Crippen LogP contribution in [0.25, 0.3) is 0 Å². The number of halogens is 1. The number of nitrogens with zero attached hydrogens (tertiary/aromatic N) is 1. The summed E-state index contributed by atoms with van der Waals surface area (Å²) in [6.45, 7) is 3.14. The van der Waals surface area contributed by atoms with E-state index >= 15 is 0 Å². The summed E-state index contributed by atoms with van der Waals surface area (Å²) in [6, 6.07) is 1.41. The highest BCUT2D eigenvalue weighted by atomic mass is 19.1. The van der Waals surface area contributed by atoms with E-state index in [1.165, 1.54) is 0 Å². The second-order valence-corrected chi connectivity index (χ2v) is 4.31. The molecule has 6 nitrogen and oxygen atoms in total. The number of benzene rings is 1. The van der Waals surface area contributed by atoms with Crippen molar-refractivity contribution in [1.82, 2.24) is 0 Å². The Hall–Kier alpha value is -2.62. The highest BCUT2D eigenvalue weighted by Crippen LogP contribution is 2.30. The molecule has 7 heteroatoms. The van der Waals surface area contributed by atoms with Gasteiger partial charge in [-0.25, -0.2) is 9.18 Å². The maximum atomic E-state index is 13.5. The van der Waals surface area contributed by atoms with Gasteiger partial charge in [-0.2, -0.15) is 0 Å². The third kappa shape index (κ3) is 3.19. The van der Waals surface area contributed by atoms with Gasteiger partial charge in [-0.15, -0.1) is 6.42 Å². The number of carbonyl (C=O) groups is 1. The predicted octanol–water partition coefficient (Wildman–Crippen LogP) is 2.26. The van der Waals surface area contributed by atoms with Crippen molar-refractivity contribution in [2.24, 2.45) is 0 Å². The van der Waals surface area contributed by atoms with Gasteiger partial charge in [0.05, 0.1) is 10.5 Å². The Labute approximate surface area is 108 Å². The van der Waals surface area contributed by atoms with Crippen LogP contribution in [0.3, 0.4) is 0 Å². The zero-order chi connectivity index (χ0) is 14.8. The van der Waals surface area contributed by atoms with Crippen LogP contribution in [0.2, 0.25) is 0 Å². The summed E-state index contributed by atoms with van der Waals surface area (Å²) in [5, 5.41) is 22.2. The fourth-order valence-electron chi connectivity index (χ4n) is 1.35. The molecule has 0 radical (unpaired) electrons. The molecule has 0 saturated heterocycles. The number of anilines is 1. The minimum absolute atomic E-state index is 0.171. The second kappa shape index (κ2) is 4.94.